The maximum absolute atomic E-state index is 12.9. The third-order valence-electron chi connectivity index (χ3n) is 2.51. The molecule has 2 rings (SSSR count). The van der Waals surface area contributed by atoms with Crippen molar-refractivity contribution in [1.29, 1.82) is 5.26 Å². The van der Waals surface area contributed by atoms with E-state index in [1.54, 1.807) is 0 Å². The van der Waals surface area contributed by atoms with E-state index < -0.39 is 5.82 Å². The Morgan fingerprint density at radius 3 is 2.68 bits per heavy atom. The summed E-state index contributed by atoms with van der Waals surface area (Å²) < 4.78 is 18.4. The van der Waals surface area contributed by atoms with Gasteiger partial charge < -0.3 is 4.74 Å². The molecule has 0 N–H and O–H groups in total. The van der Waals surface area contributed by atoms with Gasteiger partial charge in [0.05, 0.1) is 5.56 Å². The van der Waals surface area contributed by atoms with E-state index in [1.807, 2.05) is 48.6 Å². The Morgan fingerprint density at radius 1 is 1.16 bits per heavy atom. The molecule has 0 spiro atoms. The Kier molecular flexibility index (Phi) is 4.30. The van der Waals surface area contributed by atoms with Crippen molar-refractivity contribution in [1.82, 2.24) is 0 Å². The number of benzene rings is 2. The molecule has 0 heterocycles. The molecule has 2 aromatic carbocycles. The van der Waals surface area contributed by atoms with Crippen molar-refractivity contribution in [3.05, 3.63) is 71.6 Å². The van der Waals surface area contributed by atoms with Crippen molar-refractivity contribution >= 4 is 6.08 Å². The molecule has 0 aliphatic carbocycles. The van der Waals surface area contributed by atoms with Crippen molar-refractivity contribution in [2.75, 3.05) is 6.61 Å². The van der Waals surface area contributed by atoms with Crippen LogP contribution in [-0.2, 0) is 0 Å². The van der Waals surface area contributed by atoms with Gasteiger partial charge in [0.1, 0.15) is 24.2 Å². The topological polar surface area (TPSA) is 33.0 Å². The van der Waals surface area contributed by atoms with Gasteiger partial charge in [0.2, 0.25) is 0 Å². The third-order valence-corrected chi connectivity index (χ3v) is 2.51. The first-order valence-corrected chi connectivity index (χ1v) is 5.83. The molecule has 3 heteroatoms. The highest BCUT2D eigenvalue weighted by Gasteiger charge is 2.03. The van der Waals surface area contributed by atoms with Gasteiger partial charge in [-0.05, 0) is 29.8 Å². The number of rotatable bonds is 4. The molecular weight excluding hydrogens is 241 g/mol. The summed E-state index contributed by atoms with van der Waals surface area (Å²) in [5, 5.41) is 8.86. The van der Waals surface area contributed by atoms with Gasteiger partial charge in [-0.1, -0.05) is 36.4 Å². The maximum Gasteiger partial charge on any atom is 0.137 e. The summed E-state index contributed by atoms with van der Waals surface area (Å²) in [6.07, 6.45) is 3.77. The van der Waals surface area contributed by atoms with Crippen LogP contribution in [0.5, 0.6) is 5.75 Å². The molecule has 0 atom stereocenters. The zero-order valence-electron chi connectivity index (χ0n) is 10.2. The van der Waals surface area contributed by atoms with Crippen LogP contribution in [0, 0.1) is 17.1 Å². The number of nitrogens with zero attached hydrogens (tertiary/aromatic N) is 1. The summed E-state index contributed by atoms with van der Waals surface area (Å²) >= 11 is 0. The highest BCUT2D eigenvalue weighted by atomic mass is 19.1. The maximum atomic E-state index is 12.9. The number of ether oxygens (including phenoxy) is 1. The molecule has 19 heavy (non-hydrogen) atoms. The van der Waals surface area contributed by atoms with Crippen LogP contribution < -0.4 is 4.74 Å². The second-order valence-electron chi connectivity index (χ2n) is 3.88. The fraction of sp³-hybridized carbons (Fsp3) is 0.0625. The smallest absolute Gasteiger partial charge is 0.137 e. The van der Waals surface area contributed by atoms with Gasteiger partial charge in [-0.25, -0.2) is 4.39 Å². The lowest BCUT2D eigenvalue weighted by Gasteiger charge is -2.04. The van der Waals surface area contributed by atoms with Crippen LogP contribution in [0.25, 0.3) is 6.08 Å². The van der Waals surface area contributed by atoms with Crippen LogP contribution in [-0.4, -0.2) is 6.61 Å². The molecule has 0 aliphatic rings. The van der Waals surface area contributed by atoms with Crippen molar-refractivity contribution in [3.8, 4) is 11.8 Å². The average Bonchev–Trinajstić information content (AvgIpc) is 2.46. The van der Waals surface area contributed by atoms with Crippen LogP contribution in [0.2, 0.25) is 0 Å². The molecule has 0 saturated heterocycles. The lowest BCUT2D eigenvalue weighted by atomic mass is 10.2. The summed E-state index contributed by atoms with van der Waals surface area (Å²) in [4.78, 5) is 0. The van der Waals surface area contributed by atoms with Crippen molar-refractivity contribution in [2.24, 2.45) is 0 Å². The minimum atomic E-state index is -0.441. The summed E-state index contributed by atoms with van der Waals surface area (Å²) in [7, 11) is 0. The molecule has 0 amide bonds. The monoisotopic (exact) mass is 253 g/mol. The normalized spacial score (nSPS) is 10.3. The molecule has 0 radical (unpaired) electrons. The molecule has 0 fully saturated rings. The summed E-state index contributed by atoms with van der Waals surface area (Å²) in [6, 6.07) is 15.6. The largest absolute Gasteiger partial charge is 0.488 e. The SMILES string of the molecule is N#Cc1cc(F)ccc1OCC=Cc1ccccc1. The predicted molar refractivity (Wildman–Crippen MR) is 72.1 cm³/mol. The van der Waals surface area contributed by atoms with Gasteiger partial charge in [-0.2, -0.15) is 5.26 Å². The van der Waals surface area contributed by atoms with Gasteiger partial charge >= 0.3 is 0 Å². The van der Waals surface area contributed by atoms with E-state index in [9.17, 15) is 4.39 Å². The van der Waals surface area contributed by atoms with E-state index in [1.165, 1.54) is 12.1 Å². The summed E-state index contributed by atoms with van der Waals surface area (Å²) in [5.41, 5.74) is 1.28. The van der Waals surface area contributed by atoms with Crippen molar-refractivity contribution in [3.63, 3.8) is 0 Å². The first-order valence-electron chi connectivity index (χ1n) is 5.83. The summed E-state index contributed by atoms with van der Waals surface area (Å²) in [6.45, 7) is 0.329. The van der Waals surface area contributed by atoms with Crippen molar-refractivity contribution in [2.45, 2.75) is 0 Å². The van der Waals surface area contributed by atoms with Crippen LogP contribution >= 0.6 is 0 Å². The van der Waals surface area contributed by atoms with Gasteiger partial charge in [-0.15, -0.1) is 0 Å². The van der Waals surface area contributed by atoms with E-state index >= 15 is 0 Å². The predicted octanol–water partition coefficient (Wildman–Crippen LogP) is 3.79. The van der Waals surface area contributed by atoms with Crippen LogP contribution in [0.15, 0.2) is 54.6 Å². The number of hydrogen-bond acceptors (Lipinski definition) is 2. The highest BCUT2D eigenvalue weighted by molar-refractivity contribution is 5.49. The van der Waals surface area contributed by atoms with Gasteiger partial charge in [0.25, 0.3) is 0 Å². The first kappa shape index (κ1) is 12.8. The highest BCUT2D eigenvalue weighted by Crippen LogP contribution is 2.18. The second kappa shape index (κ2) is 6.36. The fourth-order valence-corrected chi connectivity index (χ4v) is 1.60. The van der Waals surface area contributed by atoms with E-state index in [0.717, 1.165) is 11.6 Å². The Morgan fingerprint density at radius 2 is 1.95 bits per heavy atom. The van der Waals surface area contributed by atoms with E-state index in [4.69, 9.17) is 10.00 Å². The average molecular weight is 253 g/mol. The van der Waals surface area contributed by atoms with Crippen LogP contribution in [0.1, 0.15) is 11.1 Å². The summed E-state index contributed by atoms with van der Waals surface area (Å²) in [5.74, 6) is -0.0506. The molecule has 94 valence electrons. The standard InChI is InChI=1S/C16H12FNO/c17-15-8-9-16(14(11-15)12-18)19-10-4-7-13-5-2-1-3-6-13/h1-9,11H,10H2. The Bertz CT molecular complexity index is 614. The fourth-order valence-electron chi connectivity index (χ4n) is 1.60. The Labute approximate surface area is 111 Å². The van der Waals surface area contributed by atoms with E-state index in [-0.39, 0.29) is 5.56 Å². The van der Waals surface area contributed by atoms with E-state index in [2.05, 4.69) is 0 Å². The van der Waals surface area contributed by atoms with E-state index in [0.29, 0.717) is 12.4 Å². The minimum absolute atomic E-state index is 0.202. The van der Waals surface area contributed by atoms with Crippen LogP contribution in [0.4, 0.5) is 4.39 Å². The quantitative estimate of drug-likeness (QED) is 0.830. The zero-order valence-corrected chi connectivity index (χ0v) is 10.2. The number of hydrogen-bond donors (Lipinski definition) is 0. The van der Waals surface area contributed by atoms with Crippen LogP contribution in [0.3, 0.4) is 0 Å². The molecule has 2 aromatic rings. The minimum Gasteiger partial charge on any atom is -0.488 e. The second-order valence-corrected chi connectivity index (χ2v) is 3.88. The molecule has 0 bridgehead atoms. The van der Waals surface area contributed by atoms with Gasteiger partial charge in [-0.3, -0.25) is 0 Å². The molecule has 0 unspecified atom stereocenters. The Balaban J connectivity index is 1.97. The number of nitriles is 1. The first-order chi connectivity index (χ1) is 9.29. The molecule has 0 saturated carbocycles. The van der Waals surface area contributed by atoms with Crippen molar-refractivity contribution < 1.29 is 9.13 Å². The lowest BCUT2D eigenvalue weighted by Crippen LogP contribution is -1.96. The third kappa shape index (κ3) is 3.68. The zero-order chi connectivity index (χ0) is 13.5. The van der Waals surface area contributed by atoms with Gasteiger partial charge in [0.15, 0.2) is 0 Å². The lowest BCUT2D eigenvalue weighted by molar-refractivity contribution is 0.361. The Hall–Kier alpha value is -2.60. The molecule has 0 aromatic heterocycles. The number of halogens is 1. The van der Waals surface area contributed by atoms with Gasteiger partial charge in [0, 0.05) is 0 Å². The molecular formula is C16H12FNO. The molecule has 0 aliphatic heterocycles. The molecule has 2 nitrogen and oxygen atoms in total.